The number of ether oxygens (including phenoxy) is 1. The Labute approximate surface area is 88.4 Å². The van der Waals surface area contributed by atoms with Crippen molar-refractivity contribution in [3.63, 3.8) is 0 Å². The van der Waals surface area contributed by atoms with E-state index in [4.69, 9.17) is 4.74 Å². The molecule has 5 nitrogen and oxygen atoms in total. The van der Waals surface area contributed by atoms with Gasteiger partial charge in [-0.15, -0.1) is 0 Å². The fourth-order valence-electron chi connectivity index (χ4n) is 1.26. The smallest absolute Gasteiger partial charge is 0.407 e. The van der Waals surface area contributed by atoms with Gasteiger partial charge >= 0.3 is 6.09 Å². The van der Waals surface area contributed by atoms with E-state index in [-0.39, 0.29) is 11.7 Å². The Bertz CT molecular complexity index is 368. The highest BCUT2D eigenvalue weighted by atomic mass is 16.6. The SMILES string of the molecule is Cn1cncc1CNC(=O)OC1(C)CC1. The topological polar surface area (TPSA) is 56.2 Å². The monoisotopic (exact) mass is 209 g/mol. The van der Waals surface area contributed by atoms with E-state index in [1.165, 1.54) is 0 Å². The first-order valence-electron chi connectivity index (χ1n) is 5.01. The number of alkyl carbamates (subject to hydrolysis) is 1. The zero-order chi connectivity index (χ0) is 10.9. The average Bonchev–Trinajstić information content (AvgIpc) is 2.75. The van der Waals surface area contributed by atoms with Crippen LogP contribution in [0, 0.1) is 0 Å². The highest BCUT2D eigenvalue weighted by molar-refractivity contribution is 5.68. The Balaban J connectivity index is 1.78. The van der Waals surface area contributed by atoms with Crippen LogP contribution in [0.2, 0.25) is 0 Å². The summed E-state index contributed by atoms with van der Waals surface area (Å²) >= 11 is 0. The molecule has 0 aromatic carbocycles. The maximum Gasteiger partial charge on any atom is 0.407 e. The number of aromatic nitrogens is 2. The third kappa shape index (κ3) is 2.49. The third-order valence-electron chi connectivity index (χ3n) is 2.62. The number of nitrogens with one attached hydrogen (secondary N) is 1. The second-order valence-electron chi connectivity index (χ2n) is 4.19. The van der Waals surface area contributed by atoms with E-state index >= 15 is 0 Å². The Morgan fingerprint density at radius 1 is 1.73 bits per heavy atom. The second kappa shape index (κ2) is 3.56. The van der Waals surface area contributed by atoms with Crippen LogP contribution in [-0.2, 0) is 18.3 Å². The molecule has 2 rings (SSSR count). The summed E-state index contributed by atoms with van der Waals surface area (Å²) in [6.07, 6.45) is 5.00. The summed E-state index contributed by atoms with van der Waals surface area (Å²) in [5.74, 6) is 0. The Morgan fingerprint density at radius 3 is 3.00 bits per heavy atom. The van der Waals surface area contributed by atoms with Gasteiger partial charge in [0.05, 0.1) is 18.6 Å². The molecule has 15 heavy (non-hydrogen) atoms. The minimum Gasteiger partial charge on any atom is -0.443 e. The lowest BCUT2D eigenvalue weighted by molar-refractivity contribution is 0.0928. The molecule has 1 aliphatic carbocycles. The van der Waals surface area contributed by atoms with E-state index in [0.717, 1.165) is 18.5 Å². The van der Waals surface area contributed by atoms with Crippen molar-refractivity contribution >= 4 is 6.09 Å². The number of carbonyl (C=O) groups excluding carboxylic acids is 1. The maximum absolute atomic E-state index is 11.3. The fourth-order valence-corrected chi connectivity index (χ4v) is 1.26. The minimum atomic E-state index is -0.351. The van der Waals surface area contributed by atoms with Gasteiger partial charge in [0, 0.05) is 13.2 Å². The number of imidazole rings is 1. The first-order chi connectivity index (χ1) is 7.09. The van der Waals surface area contributed by atoms with E-state index < -0.39 is 0 Å². The van der Waals surface area contributed by atoms with Gasteiger partial charge in [0.25, 0.3) is 0 Å². The average molecular weight is 209 g/mol. The van der Waals surface area contributed by atoms with Gasteiger partial charge in [0.2, 0.25) is 0 Å². The van der Waals surface area contributed by atoms with Crippen LogP contribution in [0.3, 0.4) is 0 Å². The van der Waals surface area contributed by atoms with E-state index in [9.17, 15) is 4.79 Å². The van der Waals surface area contributed by atoms with Crippen molar-refractivity contribution in [3.05, 3.63) is 18.2 Å². The molecule has 82 valence electrons. The van der Waals surface area contributed by atoms with Gasteiger partial charge < -0.3 is 14.6 Å². The van der Waals surface area contributed by atoms with Crippen LogP contribution in [0.5, 0.6) is 0 Å². The molecule has 0 spiro atoms. The number of amides is 1. The van der Waals surface area contributed by atoms with Crippen LogP contribution >= 0.6 is 0 Å². The molecule has 0 radical (unpaired) electrons. The molecular weight excluding hydrogens is 194 g/mol. The van der Waals surface area contributed by atoms with Crippen LogP contribution < -0.4 is 5.32 Å². The van der Waals surface area contributed by atoms with Crippen molar-refractivity contribution < 1.29 is 9.53 Å². The molecule has 1 aromatic rings. The number of rotatable bonds is 3. The molecular formula is C10H15N3O2. The molecule has 0 saturated heterocycles. The van der Waals surface area contributed by atoms with E-state index in [1.807, 2.05) is 18.5 Å². The third-order valence-corrected chi connectivity index (χ3v) is 2.62. The number of aryl methyl sites for hydroxylation is 1. The number of nitrogens with zero attached hydrogens (tertiary/aromatic N) is 2. The summed E-state index contributed by atoms with van der Waals surface area (Å²) in [6, 6.07) is 0. The number of hydrogen-bond acceptors (Lipinski definition) is 3. The molecule has 5 heteroatoms. The van der Waals surface area contributed by atoms with E-state index in [0.29, 0.717) is 6.54 Å². The summed E-state index contributed by atoms with van der Waals surface area (Å²) in [5.41, 5.74) is 0.740. The zero-order valence-electron chi connectivity index (χ0n) is 8.99. The molecule has 1 amide bonds. The highest BCUT2D eigenvalue weighted by Crippen LogP contribution is 2.38. The minimum absolute atomic E-state index is 0.212. The highest BCUT2D eigenvalue weighted by Gasteiger charge is 2.41. The van der Waals surface area contributed by atoms with Crippen molar-refractivity contribution in [2.75, 3.05) is 0 Å². The van der Waals surface area contributed by atoms with Gasteiger partial charge in [0.15, 0.2) is 0 Å². The van der Waals surface area contributed by atoms with Gasteiger partial charge in [0.1, 0.15) is 5.60 Å². The summed E-state index contributed by atoms with van der Waals surface area (Å²) in [7, 11) is 1.89. The van der Waals surface area contributed by atoms with E-state index in [2.05, 4.69) is 10.3 Å². The van der Waals surface area contributed by atoms with Crippen LogP contribution in [-0.4, -0.2) is 21.2 Å². The molecule has 1 saturated carbocycles. The fraction of sp³-hybridized carbons (Fsp3) is 0.600. The number of carbonyl (C=O) groups is 1. The van der Waals surface area contributed by atoms with Crippen LogP contribution in [0.15, 0.2) is 12.5 Å². The molecule has 1 heterocycles. The van der Waals surface area contributed by atoms with Crippen molar-refractivity contribution in [2.45, 2.75) is 31.9 Å². The van der Waals surface area contributed by atoms with Crippen molar-refractivity contribution in [2.24, 2.45) is 7.05 Å². The molecule has 1 N–H and O–H groups in total. The molecule has 0 aliphatic heterocycles. The lowest BCUT2D eigenvalue weighted by atomic mass is 10.4. The zero-order valence-corrected chi connectivity index (χ0v) is 8.99. The molecule has 1 aliphatic rings. The van der Waals surface area contributed by atoms with Crippen molar-refractivity contribution in [1.82, 2.24) is 14.9 Å². The van der Waals surface area contributed by atoms with Crippen LogP contribution in [0.4, 0.5) is 4.79 Å². The molecule has 0 atom stereocenters. The largest absolute Gasteiger partial charge is 0.443 e. The molecule has 0 unspecified atom stereocenters. The first-order valence-corrected chi connectivity index (χ1v) is 5.01. The Hall–Kier alpha value is -1.52. The molecule has 0 bridgehead atoms. The second-order valence-corrected chi connectivity index (χ2v) is 4.19. The Morgan fingerprint density at radius 2 is 2.47 bits per heavy atom. The van der Waals surface area contributed by atoms with Gasteiger partial charge in [-0.05, 0) is 19.8 Å². The lowest BCUT2D eigenvalue weighted by Crippen LogP contribution is -2.28. The predicted molar refractivity (Wildman–Crippen MR) is 54.2 cm³/mol. The van der Waals surface area contributed by atoms with Gasteiger partial charge in [-0.2, -0.15) is 0 Å². The quantitative estimate of drug-likeness (QED) is 0.813. The number of hydrogen-bond donors (Lipinski definition) is 1. The predicted octanol–water partition coefficient (Wildman–Crippen LogP) is 1.20. The van der Waals surface area contributed by atoms with Crippen LogP contribution in [0.25, 0.3) is 0 Å². The van der Waals surface area contributed by atoms with Crippen LogP contribution in [0.1, 0.15) is 25.5 Å². The summed E-state index contributed by atoms with van der Waals surface area (Å²) in [5, 5.41) is 2.70. The van der Waals surface area contributed by atoms with Gasteiger partial charge in [-0.25, -0.2) is 9.78 Å². The summed E-state index contributed by atoms with van der Waals surface area (Å²) < 4.78 is 7.07. The lowest BCUT2D eigenvalue weighted by Gasteiger charge is -2.11. The Kier molecular flexibility index (Phi) is 2.38. The first kappa shape index (κ1) is 10.0. The molecule has 1 fully saturated rings. The summed E-state index contributed by atoms with van der Waals surface area (Å²) in [6.45, 7) is 2.39. The summed E-state index contributed by atoms with van der Waals surface area (Å²) in [4.78, 5) is 15.3. The van der Waals surface area contributed by atoms with E-state index in [1.54, 1.807) is 12.5 Å². The van der Waals surface area contributed by atoms with Crippen molar-refractivity contribution in [3.8, 4) is 0 Å². The van der Waals surface area contributed by atoms with Crippen molar-refractivity contribution in [1.29, 1.82) is 0 Å². The van der Waals surface area contributed by atoms with Gasteiger partial charge in [-0.3, -0.25) is 0 Å². The van der Waals surface area contributed by atoms with Gasteiger partial charge in [-0.1, -0.05) is 0 Å². The molecule has 1 aromatic heterocycles. The maximum atomic E-state index is 11.3. The normalized spacial score (nSPS) is 17.2. The standard InChI is InChI=1S/C10H15N3O2/c1-10(3-4-10)15-9(14)12-6-8-5-11-7-13(8)2/h5,7H,3-4,6H2,1-2H3,(H,12,14).